The van der Waals surface area contributed by atoms with E-state index in [2.05, 4.69) is 247 Å². The van der Waals surface area contributed by atoms with Crippen LogP contribution in [0, 0.1) is 0 Å². The number of anilines is 9. The summed E-state index contributed by atoms with van der Waals surface area (Å²) < 4.78 is 31.4. The Kier molecular flexibility index (Phi) is 11.3. The first-order chi connectivity index (χ1) is 40.0. The van der Waals surface area contributed by atoms with Gasteiger partial charge >= 0.3 is 0 Å². The highest BCUT2D eigenvalue weighted by Crippen LogP contribution is 2.54. The molecule has 0 radical (unpaired) electrons. The minimum atomic E-state index is -0.126. The predicted octanol–water partition coefficient (Wildman–Crippen LogP) is 17.8. The van der Waals surface area contributed by atoms with Crippen LogP contribution >= 0.6 is 0 Å². The standard InChI is InChI=1S/C74H64BN3O5/c1-72(2,3)51-25-32-55(33-26-51)76(56-31-24-46-36-49(21-20-47(46)37-56)68-40-48-14-10-11-17-65(48)83-68)54-29-22-45(23-30-54)50-38-63-69-64(39-50)78(62-16-13-19-67-71(62)82-44-80-67)60-35-28-53(74(7,8)9)42-58(60)75(69)57-41-52(73(4,5)6)27-34-59(57)77(63)61-15-12-18-66-70(61)81-43-79-66/h10-42H,43-44H2,1-9H3. The highest BCUT2D eigenvalue weighted by Gasteiger charge is 2.46. The van der Waals surface area contributed by atoms with Crippen molar-refractivity contribution < 1.29 is 23.4 Å². The fourth-order valence-electron chi connectivity index (χ4n) is 12.8. The summed E-state index contributed by atoms with van der Waals surface area (Å²) in [7, 11) is 0. The van der Waals surface area contributed by atoms with Crippen LogP contribution in [0.25, 0.3) is 44.2 Å². The molecular formula is C74H64BN3O5. The average molecular weight is 1090 g/mol. The van der Waals surface area contributed by atoms with Crippen LogP contribution in [0.5, 0.6) is 23.0 Å². The van der Waals surface area contributed by atoms with Gasteiger partial charge in [-0.2, -0.15) is 0 Å². The second kappa shape index (κ2) is 18.6. The first-order valence-electron chi connectivity index (χ1n) is 28.9. The molecule has 0 saturated heterocycles. The summed E-state index contributed by atoms with van der Waals surface area (Å²) in [6.07, 6.45) is 0. The number of furan rings is 1. The molecule has 5 heterocycles. The molecule has 0 amide bonds. The Morgan fingerprint density at radius 1 is 0.373 bits per heavy atom. The minimum Gasteiger partial charge on any atom is -0.456 e. The van der Waals surface area contributed by atoms with E-state index in [1.807, 2.05) is 30.3 Å². The fourth-order valence-corrected chi connectivity index (χ4v) is 12.8. The van der Waals surface area contributed by atoms with Gasteiger partial charge in [0, 0.05) is 50.8 Å². The van der Waals surface area contributed by atoms with Gasteiger partial charge in [-0.15, -0.1) is 0 Å². The third kappa shape index (κ3) is 8.41. The third-order valence-corrected chi connectivity index (χ3v) is 17.3. The van der Waals surface area contributed by atoms with E-state index in [-0.39, 0.29) is 36.5 Å². The lowest BCUT2D eigenvalue weighted by Gasteiger charge is -2.45. The van der Waals surface area contributed by atoms with E-state index in [4.69, 9.17) is 23.4 Å². The van der Waals surface area contributed by atoms with Crippen molar-refractivity contribution in [3.63, 3.8) is 0 Å². The van der Waals surface area contributed by atoms with Gasteiger partial charge in [-0.05, 0) is 174 Å². The predicted molar refractivity (Wildman–Crippen MR) is 342 cm³/mol. The maximum absolute atomic E-state index is 6.43. The van der Waals surface area contributed by atoms with E-state index in [0.717, 1.165) is 118 Å². The normalized spacial score (nSPS) is 14.1. The molecule has 4 aliphatic rings. The van der Waals surface area contributed by atoms with Gasteiger partial charge in [-0.3, -0.25) is 0 Å². The maximum atomic E-state index is 6.43. The number of ether oxygens (including phenoxy) is 4. The van der Waals surface area contributed by atoms with Crippen LogP contribution in [-0.4, -0.2) is 20.3 Å². The van der Waals surface area contributed by atoms with Crippen LogP contribution in [0.4, 0.5) is 51.2 Å². The molecule has 0 aliphatic carbocycles. The molecule has 4 aliphatic heterocycles. The lowest BCUT2D eigenvalue weighted by molar-refractivity contribution is 0.174. The Morgan fingerprint density at radius 2 is 0.880 bits per heavy atom. The number of hydrogen-bond donors (Lipinski definition) is 0. The van der Waals surface area contributed by atoms with Crippen molar-refractivity contribution in [1.82, 2.24) is 0 Å². The van der Waals surface area contributed by atoms with Crippen LogP contribution in [-0.2, 0) is 16.2 Å². The van der Waals surface area contributed by atoms with Crippen molar-refractivity contribution in [2.75, 3.05) is 28.3 Å². The van der Waals surface area contributed by atoms with E-state index in [9.17, 15) is 0 Å². The summed E-state index contributed by atoms with van der Waals surface area (Å²) in [6.45, 7) is 20.8. The molecule has 15 rings (SSSR count). The van der Waals surface area contributed by atoms with Crippen molar-refractivity contribution in [1.29, 1.82) is 0 Å². The number of hydrogen-bond acceptors (Lipinski definition) is 8. The molecule has 0 fully saturated rings. The molecule has 0 atom stereocenters. The summed E-state index contributed by atoms with van der Waals surface area (Å²) in [6, 6.07) is 73.3. The Morgan fingerprint density at radius 3 is 1.45 bits per heavy atom. The van der Waals surface area contributed by atoms with Crippen LogP contribution in [0.15, 0.2) is 205 Å². The molecule has 0 spiro atoms. The van der Waals surface area contributed by atoms with Gasteiger partial charge in [0.2, 0.25) is 13.6 Å². The first kappa shape index (κ1) is 50.6. The van der Waals surface area contributed by atoms with Gasteiger partial charge in [0.25, 0.3) is 6.71 Å². The largest absolute Gasteiger partial charge is 0.456 e. The smallest absolute Gasteiger partial charge is 0.252 e. The molecule has 0 unspecified atom stereocenters. The zero-order valence-electron chi connectivity index (χ0n) is 48.4. The molecule has 1 aromatic heterocycles. The first-order valence-corrected chi connectivity index (χ1v) is 28.9. The number of para-hydroxylation sites is 3. The van der Waals surface area contributed by atoms with Crippen molar-refractivity contribution in [3.8, 4) is 45.4 Å². The van der Waals surface area contributed by atoms with Crippen LogP contribution in [0.1, 0.15) is 79.0 Å². The van der Waals surface area contributed by atoms with Crippen molar-refractivity contribution in [2.24, 2.45) is 0 Å². The Balaban J connectivity index is 0.927. The molecule has 408 valence electrons. The molecule has 0 N–H and O–H groups in total. The topological polar surface area (TPSA) is 59.8 Å². The molecule has 9 heteroatoms. The quantitative estimate of drug-likeness (QED) is 0.146. The van der Waals surface area contributed by atoms with Crippen LogP contribution < -0.4 is 50.0 Å². The highest BCUT2D eigenvalue weighted by atomic mass is 16.7. The molecule has 11 aromatic rings. The Labute approximate surface area is 486 Å². The van der Waals surface area contributed by atoms with E-state index < -0.39 is 0 Å². The zero-order valence-corrected chi connectivity index (χ0v) is 48.4. The zero-order chi connectivity index (χ0) is 56.7. The Bertz CT molecular complexity index is 4250. The third-order valence-electron chi connectivity index (χ3n) is 17.3. The molecule has 8 nitrogen and oxygen atoms in total. The monoisotopic (exact) mass is 1090 g/mol. The maximum Gasteiger partial charge on any atom is 0.252 e. The molecule has 0 bridgehead atoms. The molecule has 83 heavy (non-hydrogen) atoms. The van der Waals surface area contributed by atoms with Gasteiger partial charge in [0.15, 0.2) is 23.0 Å². The van der Waals surface area contributed by atoms with E-state index in [0.29, 0.717) is 0 Å². The van der Waals surface area contributed by atoms with Gasteiger partial charge in [-0.25, -0.2) is 0 Å². The lowest BCUT2D eigenvalue weighted by Crippen LogP contribution is -2.61. The number of rotatable bonds is 7. The molecule has 0 saturated carbocycles. The summed E-state index contributed by atoms with van der Waals surface area (Å²) in [4.78, 5) is 7.22. The second-order valence-electron chi connectivity index (χ2n) is 25.7. The van der Waals surface area contributed by atoms with E-state index in [1.165, 1.54) is 33.1 Å². The summed E-state index contributed by atoms with van der Waals surface area (Å²) in [5.74, 6) is 3.78. The van der Waals surface area contributed by atoms with E-state index in [1.54, 1.807) is 0 Å². The van der Waals surface area contributed by atoms with Crippen LogP contribution in [0.3, 0.4) is 0 Å². The van der Waals surface area contributed by atoms with Gasteiger partial charge in [0.05, 0.1) is 11.4 Å². The number of fused-ring (bicyclic) bond motifs is 8. The SMILES string of the molecule is CC(C)(C)c1ccc(N(c2ccc(-c3cc4c5c(c3)N(c3cccc6c3OCO6)c3ccc(C(C)(C)C)cc3B5c3cc(C(C)(C)C)ccc3N4c3cccc4c3OCO4)cc2)c2ccc3cc(-c4cc5ccccc5o4)ccc3c2)cc1. The number of nitrogens with zero attached hydrogens (tertiary/aromatic N) is 3. The lowest BCUT2D eigenvalue weighted by atomic mass is 9.33. The fraction of sp³-hybridized carbons (Fsp3) is 0.189. The molecular weight excluding hydrogens is 1020 g/mol. The summed E-state index contributed by atoms with van der Waals surface area (Å²) in [5, 5.41) is 3.37. The number of benzene rings is 10. The summed E-state index contributed by atoms with van der Waals surface area (Å²) in [5.41, 5.74) is 20.7. The highest BCUT2D eigenvalue weighted by molar-refractivity contribution is 7.00. The van der Waals surface area contributed by atoms with Gasteiger partial charge in [-0.1, -0.05) is 159 Å². The van der Waals surface area contributed by atoms with Crippen molar-refractivity contribution in [2.45, 2.75) is 78.6 Å². The van der Waals surface area contributed by atoms with Gasteiger partial charge in [0.1, 0.15) is 11.3 Å². The van der Waals surface area contributed by atoms with Crippen molar-refractivity contribution in [3.05, 3.63) is 217 Å². The average Bonchev–Trinajstić information content (AvgIpc) is 1.57. The summed E-state index contributed by atoms with van der Waals surface area (Å²) >= 11 is 0. The second-order valence-corrected chi connectivity index (χ2v) is 25.7. The van der Waals surface area contributed by atoms with E-state index >= 15 is 0 Å². The van der Waals surface area contributed by atoms with Crippen LogP contribution in [0.2, 0.25) is 0 Å². The molecule has 10 aromatic carbocycles. The minimum absolute atomic E-state index is 0.00248. The Hall–Kier alpha value is -9.34. The van der Waals surface area contributed by atoms with Crippen molar-refractivity contribution >= 4 is 96.0 Å². The van der Waals surface area contributed by atoms with Gasteiger partial charge < -0.3 is 38.1 Å².